The van der Waals surface area contributed by atoms with E-state index >= 15 is 0 Å². The Morgan fingerprint density at radius 3 is 2.60 bits per heavy atom. The fraction of sp³-hybridized carbons (Fsp3) is 0.214. The summed E-state index contributed by atoms with van der Waals surface area (Å²) in [5, 5.41) is 17.8. The molecule has 0 aliphatic heterocycles. The summed E-state index contributed by atoms with van der Waals surface area (Å²) in [4.78, 5) is 5.05. The number of thioether (sulfide) groups is 1. The first-order chi connectivity index (χ1) is 9.78. The third-order valence-electron chi connectivity index (χ3n) is 2.71. The monoisotopic (exact) mass is 284 g/mol. The number of ether oxygens (including phenoxy) is 1. The molecule has 0 amide bonds. The van der Waals surface area contributed by atoms with E-state index in [0.717, 1.165) is 5.75 Å². The van der Waals surface area contributed by atoms with Gasteiger partial charge >= 0.3 is 0 Å². The van der Waals surface area contributed by atoms with Crippen LogP contribution in [0.4, 0.5) is 0 Å². The van der Waals surface area contributed by atoms with Gasteiger partial charge < -0.3 is 9.30 Å². The molecule has 1 aromatic carbocycles. The van der Waals surface area contributed by atoms with Crippen LogP contribution in [0.3, 0.4) is 0 Å². The van der Waals surface area contributed by atoms with E-state index in [0.29, 0.717) is 13.2 Å². The molecule has 2 aromatic rings. The molecule has 2 rings (SSSR count). The van der Waals surface area contributed by atoms with Gasteiger partial charge in [0.2, 0.25) is 0 Å². The van der Waals surface area contributed by atoms with E-state index in [9.17, 15) is 0 Å². The van der Waals surface area contributed by atoms with Gasteiger partial charge in [0, 0.05) is 4.90 Å². The first kappa shape index (κ1) is 14.0. The van der Waals surface area contributed by atoms with E-state index in [1.54, 1.807) is 16.3 Å². The van der Waals surface area contributed by atoms with Crippen LogP contribution in [0.25, 0.3) is 0 Å². The summed E-state index contributed by atoms with van der Waals surface area (Å²) in [5.41, 5.74) is 0.422. The van der Waals surface area contributed by atoms with E-state index in [1.807, 2.05) is 42.7 Å². The van der Waals surface area contributed by atoms with Gasteiger partial charge in [-0.3, -0.25) is 0 Å². The zero-order chi connectivity index (χ0) is 14.4. The molecule has 0 saturated heterocycles. The van der Waals surface area contributed by atoms with Gasteiger partial charge in [0.1, 0.15) is 24.5 Å². The van der Waals surface area contributed by atoms with Crippen LogP contribution in [-0.4, -0.2) is 22.4 Å². The molecule has 1 heterocycles. The second-order valence-electron chi connectivity index (χ2n) is 3.88. The van der Waals surface area contributed by atoms with Gasteiger partial charge in [-0.25, -0.2) is 4.98 Å². The SMILES string of the molecule is CSc1ccc(OCCn2cnc(C#N)c2C#N)cc1. The van der Waals surface area contributed by atoms with Crippen molar-refractivity contribution in [3.63, 3.8) is 0 Å². The van der Waals surface area contributed by atoms with Gasteiger partial charge in [0.25, 0.3) is 0 Å². The normalized spacial score (nSPS) is 9.75. The number of nitrogens with zero attached hydrogens (tertiary/aromatic N) is 4. The highest BCUT2D eigenvalue weighted by atomic mass is 32.2. The first-order valence-corrected chi connectivity index (χ1v) is 7.13. The molecule has 6 heteroatoms. The molecule has 100 valence electrons. The van der Waals surface area contributed by atoms with Crippen LogP contribution >= 0.6 is 11.8 Å². The summed E-state index contributed by atoms with van der Waals surface area (Å²) < 4.78 is 7.22. The summed E-state index contributed by atoms with van der Waals surface area (Å²) >= 11 is 1.67. The van der Waals surface area contributed by atoms with Crippen molar-refractivity contribution in [3.05, 3.63) is 42.0 Å². The molecule has 0 saturated carbocycles. The lowest BCUT2D eigenvalue weighted by Gasteiger charge is -2.07. The van der Waals surface area contributed by atoms with E-state index < -0.39 is 0 Å². The molecule has 0 aliphatic carbocycles. The van der Waals surface area contributed by atoms with Gasteiger partial charge in [-0.05, 0) is 30.5 Å². The first-order valence-electron chi connectivity index (χ1n) is 5.90. The molecule has 0 aliphatic rings. The maximum absolute atomic E-state index is 8.99. The fourth-order valence-electron chi connectivity index (χ4n) is 1.68. The minimum atomic E-state index is 0.150. The quantitative estimate of drug-likeness (QED) is 0.788. The number of benzene rings is 1. The maximum Gasteiger partial charge on any atom is 0.176 e. The highest BCUT2D eigenvalue weighted by molar-refractivity contribution is 7.98. The lowest BCUT2D eigenvalue weighted by atomic mass is 10.3. The van der Waals surface area contributed by atoms with E-state index in [4.69, 9.17) is 15.3 Å². The molecule has 0 fully saturated rings. The van der Waals surface area contributed by atoms with Crippen molar-refractivity contribution in [1.29, 1.82) is 10.5 Å². The Labute approximate surface area is 121 Å². The Hall–Kier alpha value is -2.44. The number of imidazole rings is 1. The summed E-state index contributed by atoms with van der Waals surface area (Å²) in [6, 6.07) is 11.7. The predicted octanol–water partition coefficient (Wildman–Crippen LogP) is 2.43. The third-order valence-corrected chi connectivity index (χ3v) is 3.45. The van der Waals surface area contributed by atoms with E-state index in [2.05, 4.69) is 4.98 Å². The van der Waals surface area contributed by atoms with Crippen LogP contribution in [0, 0.1) is 22.7 Å². The van der Waals surface area contributed by atoms with Crippen LogP contribution in [0.1, 0.15) is 11.4 Å². The molecule has 0 radical (unpaired) electrons. The maximum atomic E-state index is 8.99. The smallest absolute Gasteiger partial charge is 0.176 e. The highest BCUT2D eigenvalue weighted by Gasteiger charge is 2.09. The lowest BCUT2D eigenvalue weighted by molar-refractivity contribution is 0.297. The number of aromatic nitrogens is 2. The largest absolute Gasteiger partial charge is 0.492 e. The van der Waals surface area contributed by atoms with Gasteiger partial charge in [0.15, 0.2) is 11.4 Å². The molecule has 0 atom stereocenters. The minimum absolute atomic E-state index is 0.150. The lowest BCUT2D eigenvalue weighted by Crippen LogP contribution is -2.09. The average Bonchev–Trinajstić information content (AvgIpc) is 2.90. The number of hydrogen-bond acceptors (Lipinski definition) is 5. The van der Waals surface area contributed by atoms with Crippen LogP contribution < -0.4 is 4.74 Å². The fourth-order valence-corrected chi connectivity index (χ4v) is 2.09. The van der Waals surface area contributed by atoms with Gasteiger partial charge in [-0.15, -0.1) is 11.8 Å². The molecule has 20 heavy (non-hydrogen) atoms. The van der Waals surface area contributed by atoms with Crippen molar-refractivity contribution in [2.24, 2.45) is 0 Å². The summed E-state index contributed by atoms with van der Waals surface area (Å²) in [6.07, 6.45) is 3.50. The Morgan fingerprint density at radius 1 is 1.25 bits per heavy atom. The van der Waals surface area contributed by atoms with Gasteiger partial charge in [-0.1, -0.05) is 0 Å². The second-order valence-corrected chi connectivity index (χ2v) is 4.76. The Morgan fingerprint density at radius 2 is 2.00 bits per heavy atom. The molecule has 0 N–H and O–H groups in total. The van der Waals surface area contributed by atoms with Crippen molar-refractivity contribution in [1.82, 2.24) is 9.55 Å². The third kappa shape index (κ3) is 3.11. The van der Waals surface area contributed by atoms with Crippen LogP contribution in [0.5, 0.6) is 5.75 Å². The zero-order valence-electron chi connectivity index (χ0n) is 10.9. The Bertz CT molecular complexity index is 664. The van der Waals surface area contributed by atoms with Crippen molar-refractivity contribution < 1.29 is 4.74 Å². The van der Waals surface area contributed by atoms with Crippen molar-refractivity contribution in [3.8, 4) is 17.9 Å². The summed E-state index contributed by atoms with van der Waals surface area (Å²) in [6.45, 7) is 0.885. The van der Waals surface area contributed by atoms with Crippen LogP contribution in [-0.2, 0) is 6.54 Å². The predicted molar refractivity (Wildman–Crippen MR) is 75.4 cm³/mol. The second kappa shape index (κ2) is 6.65. The summed E-state index contributed by atoms with van der Waals surface area (Å²) in [5.74, 6) is 0.780. The molecule has 0 spiro atoms. The average molecular weight is 284 g/mol. The zero-order valence-corrected chi connectivity index (χ0v) is 11.7. The van der Waals surface area contributed by atoms with E-state index in [-0.39, 0.29) is 11.4 Å². The molecule has 0 unspecified atom stereocenters. The molecular weight excluding hydrogens is 272 g/mol. The molecule has 5 nitrogen and oxygen atoms in total. The Kier molecular flexibility index (Phi) is 4.65. The number of nitriles is 2. The topological polar surface area (TPSA) is 74.6 Å². The number of hydrogen-bond donors (Lipinski definition) is 0. The highest BCUT2D eigenvalue weighted by Crippen LogP contribution is 2.19. The summed E-state index contributed by atoms with van der Waals surface area (Å²) in [7, 11) is 0. The number of rotatable bonds is 5. The molecule has 1 aromatic heterocycles. The van der Waals surface area contributed by atoms with Crippen LogP contribution in [0.15, 0.2) is 35.5 Å². The van der Waals surface area contributed by atoms with Crippen molar-refractivity contribution in [2.45, 2.75) is 11.4 Å². The Balaban J connectivity index is 1.94. The standard InChI is InChI=1S/C14H12N4OS/c1-20-12-4-2-11(3-5-12)19-7-6-18-10-17-13(8-15)14(18)9-16/h2-5,10H,6-7H2,1H3. The van der Waals surface area contributed by atoms with E-state index in [1.165, 1.54) is 11.2 Å². The molecular formula is C14H12N4OS. The van der Waals surface area contributed by atoms with Crippen LogP contribution in [0.2, 0.25) is 0 Å². The minimum Gasteiger partial charge on any atom is -0.492 e. The van der Waals surface area contributed by atoms with Gasteiger partial charge in [-0.2, -0.15) is 10.5 Å². The van der Waals surface area contributed by atoms with Crippen molar-refractivity contribution >= 4 is 11.8 Å². The molecule has 0 bridgehead atoms. The van der Waals surface area contributed by atoms with Gasteiger partial charge in [0.05, 0.1) is 12.9 Å². The van der Waals surface area contributed by atoms with Crippen molar-refractivity contribution in [2.75, 3.05) is 12.9 Å².